The van der Waals surface area contributed by atoms with E-state index in [1.54, 1.807) is 0 Å². The molecule has 4 N–H and O–H groups in total. The number of hydrogen-bond donors (Lipinski definition) is 3. The molecule has 1 saturated carbocycles. The van der Waals surface area contributed by atoms with E-state index in [4.69, 9.17) is 5.73 Å². The zero-order valence-corrected chi connectivity index (χ0v) is 12.7. The maximum absolute atomic E-state index is 11.9. The van der Waals surface area contributed by atoms with Crippen molar-refractivity contribution in [2.45, 2.75) is 64.8 Å². The highest BCUT2D eigenvalue weighted by atomic mass is 16.4. The van der Waals surface area contributed by atoms with Crippen molar-refractivity contribution in [1.29, 1.82) is 0 Å². The molecule has 1 aliphatic rings. The summed E-state index contributed by atoms with van der Waals surface area (Å²) >= 11 is 0. The molecule has 0 radical (unpaired) electrons. The van der Waals surface area contributed by atoms with Gasteiger partial charge in [0.25, 0.3) is 0 Å². The van der Waals surface area contributed by atoms with E-state index >= 15 is 0 Å². The Labute approximate surface area is 121 Å². The molecule has 0 aliphatic heterocycles. The molecule has 1 atom stereocenters. The SMILES string of the molecule is CCCC[C@H](N)C(=O)NCC1(C(=O)O)CCC(C)CC1. The maximum Gasteiger partial charge on any atom is 0.311 e. The Morgan fingerprint density at radius 2 is 2.00 bits per heavy atom. The molecule has 0 bridgehead atoms. The van der Waals surface area contributed by atoms with Gasteiger partial charge in [-0.1, -0.05) is 26.7 Å². The van der Waals surface area contributed by atoms with E-state index in [1.165, 1.54) is 0 Å². The Kier molecular flexibility index (Phi) is 6.46. The molecule has 0 saturated heterocycles. The minimum Gasteiger partial charge on any atom is -0.481 e. The number of carbonyl (C=O) groups excluding carboxylic acids is 1. The van der Waals surface area contributed by atoms with Crippen LogP contribution >= 0.6 is 0 Å². The summed E-state index contributed by atoms with van der Waals surface area (Å²) < 4.78 is 0. The zero-order chi connectivity index (χ0) is 15.2. The van der Waals surface area contributed by atoms with Gasteiger partial charge in [0, 0.05) is 6.54 Å². The van der Waals surface area contributed by atoms with Gasteiger partial charge in [-0.3, -0.25) is 9.59 Å². The van der Waals surface area contributed by atoms with Gasteiger partial charge in [0.05, 0.1) is 11.5 Å². The third-order valence-electron chi connectivity index (χ3n) is 4.49. The Balaban J connectivity index is 2.51. The van der Waals surface area contributed by atoms with Crippen molar-refractivity contribution in [2.75, 3.05) is 6.54 Å². The van der Waals surface area contributed by atoms with Crippen LogP contribution in [0.5, 0.6) is 0 Å². The molecule has 1 amide bonds. The fourth-order valence-electron chi connectivity index (χ4n) is 2.72. The van der Waals surface area contributed by atoms with Crippen molar-refractivity contribution in [3.05, 3.63) is 0 Å². The molecule has 0 aromatic carbocycles. The summed E-state index contributed by atoms with van der Waals surface area (Å²) in [6, 6.07) is -0.525. The summed E-state index contributed by atoms with van der Waals surface area (Å²) in [4.78, 5) is 23.4. The van der Waals surface area contributed by atoms with E-state index in [2.05, 4.69) is 12.2 Å². The number of nitrogens with one attached hydrogen (secondary N) is 1. The fraction of sp³-hybridized carbons (Fsp3) is 0.867. The second-order valence-corrected chi connectivity index (χ2v) is 6.23. The Morgan fingerprint density at radius 1 is 1.40 bits per heavy atom. The summed E-state index contributed by atoms with van der Waals surface area (Å²) in [5, 5.41) is 12.2. The van der Waals surface area contributed by atoms with E-state index in [1.807, 2.05) is 6.92 Å². The number of amides is 1. The summed E-state index contributed by atoms with van der Waals surface area (Å²) in [5.74, 6) is -0.450. The highest BCUT2D eigenvalue weighted by Crippen LogP contribution is 2.38. The molecule has 116 valence electrons. The van der Waals surface area contributed by atoms with Gasteiger partial charge in [-0.15, -0.1) is 0 Å². The second-order valence-electron chi connectivity index (χ2n) is 6.23. The third-order valence-corrected chi connectivity index (χ3v) is 4.49. The molecule has 0 aromatic rings. The first-order chi connectivity index (χ1) is 9.41. The molecule has 1 rings (SSSR count). The predicted molar refractivity (Wildman–Crippen MR) is 78.2 cm³/mol. The molecule has 5 heteroatoms. The van der Waals surface area contributed by atoms with Crippen LogP contribution in [0, 0.1) is 11.3 Å². The van der Waals surface area contributed by atoms with Crippen LogP contribution in [0.1, 0.15) is 58.8 Å². The van der Waals surface area contributed by atoms with Crippen LogP contribution in [0.2, 0.25) is 0 Å². The minimum atomic E-state index is -0.799. The van der Waals surface area contributed by atoms with Crippen LogP contribution in [-0.4, -0.2) is 29.6 Å². The van der Waals surface area contributed by atoms with Gasteiger partial charge in [-0.05, 0) is 38.0 Å². The highest BCUT2D eigenvalue weighted by molar-refractivity contribution is 5.82. The molecule has 5 nitrogen and oxygen atoms in total. The lowest BCUT2D eigenvalue weighted by Gasteiger charge is -2.36. The molecule has 0 heterocycles. The van der Waals surface area contributed by atoms with E-state index < -0.39 is 17.4 Å². The Morgan fingerprint density at radius 3 is 2.50 bits per heavy atom. The minimum absolute atomic E-state index is 0.202. The molecule has 20 heavy (non-hydrogen) atoms. The predicted octanol–water partition coefficient (Wildman–Crippen LogP) is 1.90. The van der Waals surface area contributed by atoms with E-state index in [0.29, 0.717) is 25.2 Å². The quantitative estimate of drug-likeness (QED) is 0.665. The number of hydrogen-bond acceptors (Lipinski definition) is 3. The zero-order valence-electron chi connectivity index (χ0n) is 12.7. The van der Waals surface area contributed by atoms with Crippen molar-refractivity contribution in [1.82, 2.24) is 5.32 Å². The van der Waals surface area contributed by atoms with Gasteiger partial charge >= 0.3 is 5.97 Å². The number of nitrogens with two attached hydrogens (primary N) is 1. The number of unbranched alkanes of at least 4 members (excludes halogenated alkanes) is 1. The molecular formula is C15H28N2O3. The summed E-state index contributed by atoms with van der Waals surface area (Å²) in [6.45, 7) is 4.39. The molecule has 1 fully saturated rings. The van der Waals surface area contributed by atoms with Crippen molar-refractivity contribution >= 4 is 11.9 Å². The summed E-state index contributed by atoms with van der Waals surface area (Å²) in [6.07, 6.45) is 5.64. The largest absolute Gasteiger partial charge is 0.481 e. The highest BCUT2D eigenvalue weighted by Gasteiger charge is 2.41. The third kappa shape index (κ3) is 4.47. The van der Waals surface area contributed by atoms with Gasteiger partial charge < -0.3 is 16.2 Å². The molecule has 0 unspecified atom stereocenters. The number of carboxylic acids is 1. The topological polar surface area (TPSA) is 92.4 Å². The lowest BCUT2D eigenvalue weighted by atomic mass is 9.71. The van der Waals surface area contributed by atoms with Crippen LogP contribution in [0.25, 0.3) is 0 Å². The van der Waals surface area contributed by atoms with Crippen molar-refractivity contribution in [3.63, 3.8) is 0 Å². The van der Waals surface area contributed by atoms with Gasteiger partial charge in [0.1, 0.15) is 0 Å². The standard InChI is InChI=1S/C15H28N2O3/c1-3-4-5-12(16)13(18)17-10-15(14(19)20)8-6-11(2)7-9-15/h11-12H,3-10,16H2,1-2H3,(H,17,18)(H,19,20)/t11?,12-,15?/m0/s1. The lowest BCUT2D eigenvalue weighted by molar-refractivity contribution is -0.151. The number of aliphatic carboxylic acids is 1. The van der Waals surface area contributed by atoms with Crippen LogP contribution in [0.4, 0.5) is 0 Å². The van der Waals surface area contributed by atoms with Gasteiger partial charge in [-0.25, -0.2) is 0 Å². The normalized spacial score (nSPS) is 27.9. The molecule has 0 spiro atoms. The average molecular weight is 284 g/mol. The van der Waals surface area contributed by atoms with Crippen molar-refractivity contribution in [3.8, 4) is 0 Å². The van der Waals surface area contributed by atoms with Crippen LogP contribution < -0.4 is 11.1 Å². The molecule has 0 aromatic heterocycles. The summed E-state index contributed by atoms with van der Waals surface area (Å²) in [5.41, 5.74) is 5.00. The first-order valence-electron chi connectivity index (χ1n) is 7.68. The number of carbonyl (C=O) groups is 2. The van der Waals surface area contributed by atoms with E-state index in [0.717, 1.165) is 25.7 Å². The first-order valence-corrected chi connectivity index (χ1v) is 7.68. The van der Waals surface area contributed by atoms with Gasteiger partial charge in [-0.2, -0.15) is 0 Å². The fourth-order valence-corrected chi connectivity index (χ4v) is 2.72. The number of carboxylic acid groups (broad SMARTS) is 1. The van der Waals surface area contributed by atoms with E-state index in [9.17, 15) is 14.7 Å². The van der Waals surface area contributed by atoms with Gasteiger partial charge in [0.15, 0.2) is 0 Å². The monoisotopic (exact) mass is 284 g/mol. The average Bonchev–Trinajstić information content (AvgIpc) is 2.43. The molecule has 1 aliphatic carbocycles. The number of rotatable bonds is 7. The Hall–Kier alpha value is -1.10. The first kappa shape index (κ1) is 17.0. The van der Waals surface area contributed by atoms with Crippen molar-refractivity contribution < 1.29 is 14.7 Å². The lowest BCUT2D eigenvalue weighted by Crippen LogP contribution is -2.49. The van der Waals surface area contributed by atoms with E-state index in [-0.39, 0.29) is 12.5 Å². The molecular weight excluding hydrogens is 256 g/mol. The van der Waals surface area contributed by atoms with Crippen LogP contribution in [-0.2, 0) is 9.59 Å². The van der Waals surface area contributed by atoms with Crippen LogP contribution in [0.15, 0.2) is 0 Å². The Bertz CT molecular complexity index is 336. The van der Waals surface area contributed by atoms with Crippen molar-refractivity contribution in [2.24, 2.45) is 17.1 Å². The smallest absolute Gasteiger partial charge is 0.311 e. The van der Waals surface area contributed by atoms with Crippen LogP contribution in [0.3, 0.4) is 0 Å². The van der Waals surface area contributed by atoms with Gasteiger partial charge in [0.2, 0.25) is 5.91 Å². The summed E-state index contributed by atoms with van der Waals surface area (Å²) in [7, 11) is 0. The maximum atomic E-state index is 11.9. The second kappa shape index (κ2) is 7.62.